The number of hydrogen-bond donors (Lipinski definition) is 1. The van der Waals surface area contributed by atoms with Gasteiger partial charge in [0.05, 0.1) is 35.1 Å². The Morgan fingerprint density at radius 2 is 1.80 bits per heavy atom. The van der Waals surface area contributed by atoms with Gasteiger partial charge in [-0.3, -0.25) is 0 Å². The van der Waals surface area contributed by atoms with Gasteiger partial charge >= 0.3 is 0 Å². The second-order valence-electron chi connectivity index (χ2n) is 6.48. The average Bonchev–Trinajstić information content (AvgIpc) is 3.17. The zero-order valence-corrected chi connectivity index (χ0v) is 19.3. The number of nitrogens with zero attached hydrogens (tertiary/aromatic N) is 3. The first kappa shape index (κ1) is 20.6. The minimum atomic E-state index is 0.544. The van der Waals surface area contributed by atoms with Gasteiger partial charge in [-0.25, -0.2) is 15.0 Å². The lowest BCUT2D eigenvalue weighted by Crippen LogP contribution is -2.01. The van der Waals surface area contributed by atoms with E-state index in [9.17, 15) is 0 Å². The van der Waals surface area contributed by atoms with Crippen LogP contribution < -0.4 is 14.8 Å². The van der Waals surface area contributed by atoms with Gasteiger partial charge in [-0.1, -0.05) is 6.07 Å². The largest absolute Gasteiger partial charge is 0.490 e. The molecule has 0 bridgehead atoms. The predicted octanol–water partition coefficient (Wildman–Crippen LogP) is 6.37. The maximum Gasteiger partial charge on any atom is 0.163 e. The van der Waals surface area contributed by atoms with Crippen LogP contribution in [0.2, 0.25) is 0 Å². The standard InChI is InChI=1S/C22H21BrN4O2S/c1-4-28-20-9-15-17(10-21(20)29-5-2)24-12-25-22(15)27-18-8-14(6-7-16(18)23)19-11-30-13(3)26-19/h6-12H,4-5H2,1-3H3,(H,24,25,27). The number of ether oxygens (including phenoxy) is 2. The van der Waals surface area contributed by atoms with E-state index in [1.165, 1.54) is 0 Å². The van der Waals surface area contributed by atoms with Crippen LogP contribution in [0.1, 0.15) is 18.9 Å². The highest BCUT2D eigenvalue weighted by molar-refractivity contribution is 9.10. The Balaban J connectivity index is 1.76. The van der Waals surface area contributed by atoms with E-state index in [1.54, 1.807) is 17.7 Å². The quantitative estimate of drug-likeness (QED) is 0.328. The van der Waals surface area contributed by atoms with E-state index in [-0.39, 0.29) is 0 Å². The lowest BCUT2D eigenvalue weighted by Gasteiger charge is -2.15. The van der Waals surface area contributed by atoms with Crippen molar-refractivity contribution in [3.63, 3.8) is 0 Å². The van der Waals surface area contributed by atoms with Gasteiger partial charge in [0.25, 0.3) is 0 Å². The van der Waals surface area contributed by atoms with Crippen LogP contribution >= 0.6 is 27.3 Å². The second kappa shape index (κ2) is 8.97. The van der Waals surface area contributed by atoms with Crippen molar-refractivity contribution < 1.29 is 9.47 Å². The van der Waals surface area contributed by atoms with Crippen molar-refractivity contribution in [2.45, 2.75) is 20.8 Å². The fourth-order valence-corrected chi connectivity index (χ4v) is 4.07. The SMILES string of the molecule is CCOc1cc2ncnc(Nc3cc(-c4csc(C)n4)ccc3Br)c2cc1OCC. The summed E-state index contributed by atoms with van der Waals surface area (Å²) in [6.07, 6.45) is 1.54. The van der Waals surface area contributed by atoms with Crippen LogP contribution in [0.15, 0.2) is 46.5 Å². The highest BCUT2D eigenvalue weighted by atomic mass is 79.9. The number of aromatic nitrogens is 3. The van der Waals surface area contributed by atoms with E-state index in [0.717, 1.165) is 37.3 Å². The van der Waals surface area contributed by atoms with E-state index in [4.69, 9.17) is 9.47 Å². The van der Waals surface area contributed by atoms with Gasteiger partial charge in [0, 0.05) is 26.9 Å². The molecule has 0 aliphatic heterocycles. The number of aryl methyl sites for hydroxylation is 1. The van der Waals surface area contributed by atoms with Crippen LogP contribution in [-0.2, 0) is 0 Å². The molecule has 6 nitrogen and oxygen atoms in total. The lowest BCUT2D eigenvalue weighted by molar-refractivity contribution is 0.288. The molecule has 154 valence electrons. The van der Waals surface area contributed by atoms with Crippen molar-refractivity contribution in [1.29, 1.82) is 0 Å². The molecule has 0 spiro atoms. The Hall–Kier alpha value is -2.71. The zero-order valence-electron chi connectivity index (χ0n) is 16.9. The summed E-state index contributed by atoms with van der Waals surface area (Å²) in [5.41, 5.74) is 3.67. The minimum Gasteiger partial charge on any atom is -0.490 e. The van der Waals surface area contributed by atoms with Crippen LogP contribution in [-0.4, -0.2) is 28.2 Å². The van der Waals surface area contributed by atoms with Gasteiger partial charge in [-0.15, -0.1) is 11.3 Å². The molecule has 2 aromatic heterocycles. The molecule has 0 radical (unpaired) electrons. The molecule has 4 rings (SSSR count). The van der Waals surface area contributed by atoms with Gasteiger partial charge in [0.2, 0.25) is 0 Å². The Kier molecular flexibility index (Phi) is 6.15. The Bertz CT molecular complexity index is 1200. The summed E-state index contributed by atoms with van der Waals surface area (Å²) in [6, 6.07) is 9.93. The smallest absolute Gasteiger partial charge is 0.163 e. The van der Waals surface area contributed by atoms with Crippen molar-refractivity contribution in [2.24, 2.45) is 0 Å². The van der Waals surface area contributed by atoms with Crippen LogP contribution in [0.3, 0.4) is 0 Å². The van der Waals surface area contributed by atoms with E-state index in [2.05, 4.69) is 47.6 Å². The van der Waals surface area contributed by atoms with Crippen molar-refractivity contribution in [3.8, 4) is 22.8 Å². The molecular formula is C22H21BrN4O2S. The lowest BCUT2D eigenvalue weighted by atomic mass is 10.1. The zero-order chi connectivity index (χ0) is 21.1. The Labute approximate surface area is 187 Å². The minimum absolute atomic E-state index is 0.544. The normalized spacial score (nSPS) is 10.9. The van der Waals surface area contributed by atoms with Crippen LogP contribution in [0.4, 0.5) is 11.5 Å². The molecule has 8 heteroatoms. The summed E-state index contributed by atoms with van der Waals surface area (Å²) >= 11 is 5.27. The molecule has 4 aromatic rings. The van der Waals surface area contributed by atoms with E-state index in [0.29, 0.717) is 30.5 Å². The number of halogens is 1. The predicted molar refractivity (Wildman–Crippen MR) is 125 cm³/mol. The molecule has 0 unspecified atom stereocenters. The molecule has 1 N–H and O–H groups in total. The number of rotatable bonds is 7. The van der Waals surface area contributed by atoms with Gasteiger partial charge < -0.3 is 14.8 Å². The number of fused-ring (bicyclic) bond motifs is 1. The molecule has 0 saturated carbocycles. The monoisotopic (exact) mass is 484 g/mol. The summed E-state index contributed by atoms with van der Waals surface area (Å²) in [5.74, 6) is 2.05. The van der Waals surface area contributed by atoms with Gasteiger partial charge in [0.1, 0.15) is 12.1 Å². The first-order chi connectivity index (χ1) is 14.6. The number of thiazole rings is 1. The van der Waals surface area contributed by atoms with Crippen LogP contribution in [0.5, 0.6) is 11.5 Å². The highest BCUT2D eigenvalue weighted by Gasteiger charge is 2.14. The molecule has 0 atom stereocenters. The van der Waals surface area contributed by atoms with E-state index < -0.39 is 0 Å². The topological polar surface area (TPSA) is 69.2 Å². The van der Waals surface area contributed by atoms with Gasteiger partial charge in [-0.05, 0) is 54.9 Å². The Morgan fingerprint density at radius 1 is 1.03 bits per heavy atom. The summed E-state index contributed by atoms with van der Waals surface area (Å²) in [7, 11) is 0. The summed E-state index contributed by atoms with van der Waals surface area (Å²) in [6.45, 7) is 7.00. The third-order valence-corrected chi connectivity index (χ3v) is 5.90. The molecule has 2 aromatic carbocycles. The van der Waals surface area contributed by atoms with Gasteiger partial charge in [-0.2, -0.15) is 0 Å². The highest BCUT2D eigenvalue weighted by Crippen LogP contribution is 2.37. The van der Waals surface area contributed by atoms with E-state index >= 15 is 0 Å². The maximum absolute atomic E-state index is 5.78. The Morgan fingerprint density at radius 3 is 2.50 bits per heavy atom. The van der Waals surface area contributed by atoms with Crippen LogP contribution in [0, 0.1) is 6.92 Å². The summed E-state index contributed by atoms with van der Waals surface area (Å²) in [4.78, 5) is 13.5. The number of hydrogen-bond acceptors (Lipinski definition) is 7. The fraction of sp³-hybridized carbons (Fsp3) is 0.227. The molecule has 0 fully saturated rings. The third-order valence-electron chi connectivity index (χ3n) is 4.43. The molecule has 0 saturated heterocycles. The van der Waals surface area contributed by atoms with Crippen LogP contribution in [0.25, 0.3) is 22.2 Å². The first-order valence-corrected chi connectivity index (χ1v) is 11.3. The van der Waals surface area contributed by atoms with E-state index in [1.807, 2.05) is 45.0 Å². The fourth-order valence-electron chi connectivity index (χ4n) is 3.10. The van der Waals surface area contributed by atoms with Crippen molar-refractivity contribution in [1.82, 2.24) is 15.0 Å². The average molecular weight is 485 g/mol. The molecule has 30 heavy (non-hydrogen) atoms. The molecule has 2 heterocycles. The summed E-state index contributed by atoms with van der Waals surface area (Å²) in [5, 5.41) is 7.39. The van der Waals surface area contributed by atoms with Crippen molar-refractivity contribution in [3.05, 3.63) is 51.5 Å². The number of nitrogens with one attached hydrogen (secondary N) is 1. The second-order valence-corrected chi connectivity index (χ2v) is 8.39. The molecule has 0 amide bonds. The molecular weight excluding hydrogens is 464 g/mol. The number of benzene rings is 2. The molecule has 0 aliphatic rings. The van der Waals surface area contributed by atoms with Crippen molar-refractivity contribution >= 4 is 49.7 Å². The molecule has 0 aliphatic carbocycles. The summed E-state index contributed by atoms with van der Waals surface area (Å²) < 4.78 is 12.4. The third kappa shape index (κ3) is 4.24. The number of anilines is 2. The van der Waals surface area contributed by atoms with Gasteiger partial charge in [0.15, 0.2) is 11.5 Å². The first-order valence-electron chi connectivity index (χ1n) is 9.62. The van der Waals surface area contributed by atoms with Crippen molar-refractivity contribution in [2.75, 3.05) is 18.5 Å². The maximum atomic E-state index is 5.78.